The Morgan fingerprint density at radius 2 is 1.37 bits per heavy atom. The van der Waals surface area contributed by atoms with E-state index in [2.05, 4.69) is 10.1 Å². The van der Waals surface area contributed by atoms with Crippen LogP contribution in [-0.2, 0) is 0 Å². The zero-order chi connectivity index (χ0) is 22.9. The molecule has 30 heavy (non-hydrogen) atoms. The van der Waals surface area contributed by atoms with Crippen LogP contribution in [0.1, 0.15) is 0 Å². The Morgan fingerprint density at radius 3 is 1.80 bits per heavy atom. The Balaban J connectivity index is 2.51. The number of non-ortho nitro benzene ring substituents is 1. The molecule has 2 aromatic carbocycles. The molecule has 0 radical (unpaired) electrons. The molecule has 1 N–H and O–H groups in total. The molecule has 2 rings (SSSR count). The second-order valence-corrected chi connectivity index (χ2v) is 5.40. The van der Waals surface area contributed by atoms with Gasteiger partial charge in [-0.3, -0.25) is 30.3 Å². The molecule has 2 aromatic rings. The van der Waals surface area contributed by atoms with E-state index in [1.807, 2.05) is 0 Å². The highest BCUT2D eigenvalue weighted by molar-refractivity contribution is 5.81. The van der Waals surface area contributed by atoms with Crippen molar-refractivity contribution < 1.29 is 41.5 Å². The highest BCUT2D eigenvalue weighted by Gasteiger charge is 2.61. The Bertz CT molecular complexity index is 993. The van der Waals surface area contributed by atoms with Gasteiger partial charge < -0.3 is 10.1 Å². The van der Waals surface area contributed by atoms with E-state index >= 15 is 0 Å². The summed E-state index contributed by atoms with van der Waals surface area (Å²) in [5.74, 6) is -1.02. The summed E-state index contributed by atoms with van der Waals surface area (Å²) in [6, 6.07) is 4.04. The summed E-state index contributed by atoms with van der Waals surface area (Å²) >= 11 is 0. The molecule has 0 saturated carbocycles. The van der Waals surface area contributed by atoms with E-state index < -0.39 is 61.2 Å². The van der Waals surface area contributed by atoms with Crippen molar-refractivity contribution in [1.29, 1.82) is 0 Å². The van der Waals surface area contributed by atoms with Crippen LogP contribution in [0.3, 0.4) is 0 Å². The Kier molecular flexibility index (Phi) is 5.71. The Labute approximate surface area is 161 Å². The second-order valence-electron chi connectivity index (χ2n) is 5.40. The van der Waals surface area contributed by atoms with Gasteiger partial charge in [0, 0.05) is 11.8 Å². The van der Waals surface area contributed by atoms with Gasteiger partial charge in [-0.25, -0.2) is 0 Å². The van der Waals surface area contributed by atoms with E-state index in [-0.39, 0.29) is 0 Å². The number of nitro benzene ring substituents is 3. The zero-order valence-electron chi connectivity index (χ0n) is 14.1. The number of hydrogen-bond acceptors (Lipinski definition) is 8. The van der Waals surface area contributed by atoms with Crippen molar-refractivity contribution in [2.75, 3.05) is 5.32 Å². The number of ether oxygens (including phenoxy) is 1. The van der Waals surface area contributed by atoms with Gasteiger partial charge in [0.05, 0.1) is 26.9 Å². The van der Waals surface area contributed by atoms with Crippen LogP contribution in [0.4, 0.5) is 50.4 Å². The van der Waals surface area contributed by atoms with Crippen LogP contribution >= 0.6 is 0 Å². The number of rotatable bonds is 7. The van der Waals surface area contributed by atoms with Gasteiger partial charge in [0.1, 0.15) is 5.75 Å². The molecule has 11 nitrogen and oxygen atoms in total. The lowest BCUT2D eigenvalue weighted by Gasteiger charge is -2.20. The van der Waals surface area contributed by atoms with Crippen LogP contribution in [-0.4, -0.2) is 27.1 Å². The topological polar surface area (TPSA) is 151 Å². The van der Waals surface area contributed by atoms with Crippen LogP contribution in [0, 0.1) is 30.3 Å². The average Bonchev–Trinajstić information content (AvgIpc) is 2.60. The first-order chi connectivity index (χ1) is 13.7. The minimum absolute atomic E-state index is 0.410. The molecule has 0 heterocycles. The number of nitrogens with zero attached hydrogens (tertiary/aromatic N) is 3. The predicted octanol–water partition coefficient (Wildman–Crippen LogP) is 4.69. The van der Waals surface area contributed by atoms with Gasteiger partial charge in [0.25, 0.3) is 5.69 Å². The highest BCUT2D eigenvalue weighted by Crippen LogP contribution is 2.41. The van der Waals surface area contributed by atoms with Crippen molar-refractivity contribution in [3.63, 3.8) is 0 Å². The van der Waals surface area contributed by atoms with Crippen LogP contribution in [0.2, 0.25) is 0 Å². The highest BCUT2D eigenvalue weighted by atomic mass is 19.4. The van der Waals surface area contributed by atoms with Crippen molar-refractivity contribution in [3.8, 4) is 5.75 Å². The van der Waals surface area contributed by atoms with Crippen molar-refractivity contribution in [3.05, 3.63) is 66.7 Å². The smallest absolute Gasteiger partial charge is 0.426 e. The molecule has 0 bridgehead atoms. The number of benzene rings is 2. The zero-order valence-corrected chi connectivity index (χ0v) is 14.1. The quantitative estimate of drug-likeness (QED) is 0.371. The van der Waals surface area contributed by atoms with E-state index in [1.54, 1.807) is 0 Å². The number of hydrogen-bond donors (Lipinski definition) is 1. The number of nitro groups is 3. The van der Waals surface area contributed by atoms with E-state index in [0.29, 0.717) is 24.3 Å². The fourth-order valence-electron chi connectivity index (χ4n) is 2.11. The van der Waals surface area contributed by atoms with E-state index in [4.69, 9.17) is 0 Å². The maximum atomic E-state index is 13.0. The number of alkyl halides is 5. The van der Waals surface area contributed by atoms with Crippen molar-refractivity contribution in [2.45, 2.75) is 12.3 Å². The molecule has 0 amide bonds. The normalized spacial score (nSPS) is 11.6. The van der Waals surface area contributed by atoms with E-state index in [9.17, 15) is 52.3 Å². The van der Waals surface area contributed by atoms with Crippen LogP contribution in [0.15, 0.2) is 36.4 Å². The van der Waals surface area contributed by atoms with Gasteiger partial charge >= 0.3 is 23.7 Å². The maximum absolute atomic E-state index is 13.0. The standard InChI is InChI=1S/C14H7F5N4O7/c15-13(16,17)14(18,19)30-9-3-1-2-7(4-9)20-12-10(22(26)27)5-8(21(24)25)6-11(12)23(28)29/h1-6,20H. The number of anilines is 2. The van der Waals surface area contributed by atoms with Crippen LogP contribution in [0.5, 0.6) is 5.75 Å². The van der Waals surface area contributed by atoms with Gasteiger partial charge in [-0.15, -0.1) is 0 Å². The van der Waals surface area contributed by atoms with Crippen molar-refractivity contribution in [1.82, 2.24) is 0 Å². The van der Waals surface area contributed by atoms with Gasteiger partial charge in [-0.05, 0) is 12.1 Å². The summed E-state index contributed by atoms with van der Waals surface area (Å²) in [4.78, 5) is 29.8. The van der Waals surface area contributed by atoms with E-state index in [1.165, 1.54) is 0 Å². The summed E-state index contributed by atoms with van der Waals surface area (Å²) < 4.78 is 66.4. The monoisotopic (exact) mass is 438 g/mol. The second kappa shape index (κ2) is 7.72. The maximum Gasteiger partial charge on any atom is 0.499 e. The summed E-state index contributed by atoms with van der Waals surface area (Å²) in [5.41, 5.74) is -4.47. The molecule has 0 unspecified atom stereocenters. The van der Waals surface area contributed by atoms with Gasteiger partial charge in [0.2, 0.25) is 0 Å². The first-order valence-corrected chi connectivity index (χ1v) is 7.35. The molecule has 0 saturated heterocycles. The largest absolute Gasteiger partial charge is 0.499 e. The molecule has 0 aliphatic carbocycles. The van der Waals surface area contributed by atoms with Crippen molar-refractivity contribution in [2.24, 2.45) is 0 Å². The third-order valence-electron chi connectivity index (χ3n) is 3.37. The molecule has 16 heteroatoms. The number of halogens is 5. The van der Waals surface area contributed by atoms with Gasteiger partial charge in [-0.2, -0.15) is 22.0 Å². The van der Waals surface area contributed by atoms with Crippen LogP contribution < -0.4 is 10.1 Å². The summed E-state index contributed by atoms with van der Waals surface area (Å²) in [5, 5.41) is 35.4. The predicted molar refractivity (Wildman–Crippen MR) is 87.8 cm³/mol. The molecular formula is C14H7F5N4O7. The molecule has 0 aromatic heterocycles. The molecule has 0 aliphatic rings. The summed E-state index contributed by atoms with van der Waals surface area (Å²) in [7, 11) is 0. The van der Waals surface area contributed by atoms with Gasteiger partial charge in [-0.1, -0.05) is 6.07 Å². The summed E-state index contributed by atoms with van der Waals surface area (Å²) in [6.07, 6.45) is -11.6. The lowest BCUT2D eigenvalue weighted by atomic mass is 10.2. The minimum Gasteiger partial charge on any atom is -0.426 e. The molecule has 0 spiro atoms. The first-order valence-electron chi connectivity index (χ1n) is 7.35. The first kappa shape index (κ1) is 22.2. The fraction of sp³-hybridized carbons (Fsp3) is 0.143. The fourth-order valence-corrected chi connectivity index (χ4v) is 2.11. The molecule has 0 fully saturated rings. The molecule has 160 valence electrons. The molecule has 0 aliphatic heterocycles. The molecule has 0 atom stereocenters. The third kappa shape index (κ3) is 4.65. The molecular weight excluding hydrogens is 431 g/mol. The SMILES string of the molecule is O=[N+]([O-])c1cc([N+](=O)[O-])c(Nc2cccc(OC(F)(F)C(F)(F)F)c2)c([N+](=O)[O-])c1. The lowest BCUT2D eigenvalue weighted by molar-refractivity contribution is -0.401. The van der Waals surface area contributed by atoms with Crippen molar-refractivity contribution >= 4 is 28.4 Å². The minimum atomic E-state index is -6.04. The average molecular weight is 438 g/mol. The third-order valence-corrected chi connectivity index (χ3v) is 3.37. The Hall–Kier alpha value is -4.11. The number of nitrogens with one attached hydrogen (secondary N) is 1. The lowest BCUT2D eigenvalue weighted by Crippen LogP contribution is -2.41. The summed E-state index contributed by atoms with van der Waals surface area (Å²) in [6.45, 7) is 0. The van der Waals surface area contributed by atoms with Crippen LogP contribution in [0.25, 0.3) is 0 Å². The van der Waals surface area contributed by atoms with E-state index in [0.717, 1.165) is 12.1 Å². The Morgan fingerprint density at radius 1 is 0.833 bits per heavy atom. The van der Waals surface area contributed by atoms with Gasteiger partial charge in [0.15, 0.2) is 5.69 Å².